The van der Waals surface area contributed by atoms with Crippen molar-refractivity contribution in [2.24, 2.45) is 0 Å². The van der Waals surface area contributed by atoms with Crippen molar-refractivity contribution in [3.05, 3.63) is 47.5 Å². The molecule has 0 atom stereocenters. The molecule has 1 heterocycles. The van der Waals surface area contributed by atoms with Crippen LogP contribution in [0.15, 0.2) is 36.4 Å². The maximum absolute atomic E-state index is 12.1. The second kappa shape index (κ2) is 5.17. The van der Waals surface area contributed by atoms with Crippen molar-refractivity contribution in [2.45, 2.75) is 12.3 Å². The largest absolute Gasteiger partial charge is 0.335 e. The van der Waals surface area contributed by atoms with E-state index in [-0.39, 0.29) is 5.91 Å². The molecule has 16 heavy (non-hydrogen) atoms. The molecule has 0 unspecified atom stereocenters. The van der Waals surface area contributed by atoms with Crippen LogP contribution in [0.1, 0.15) is 22.3 Å². The summed E-state index contributed by atoms with van der Waals surface area (Å²) in [5.74, 6) is 0.589. The van der Waals surface area contributed by atoms with E-state index in [1.165, 1.54) is 0 Å². The molecule has 0 fully saturated rings. The molecule has 0 saturated carbocycles. The van der Waals surface area contributed by atoms with E-state index >= 15 is 0 Å². The first kappa shape index (κ1) is 11.2. The lowest BCUT2D eigenvalue weighted by Crippen LogP contribution is -2.33. The highest BCUT2D eigenvalue weighted by Gasteiger charge is 2.15. The second-order valence-corrected chi connectivity index (χ2v) is 4.11. The molecule has 0 aliphatic carbocycles. The third-order valence-electron chi connectivity index (χ3n) is 2.70. The van der Waals surface area contributed by atoms with E-state index < -0.39 is 0 Å². The second-order valence-electron chi connectivity index (χ2n) is 3.84. The van der Waals surface area contributed by atoms with Crippen molar-refractivity contribution in [2.75, 3.05) is 13.1 Å². The lowest BCUT2D eigenvalue weighted by atomic mass is 10.1. The molecule has 1 aromatic carbocycles. The zero-order valence-electron chi connectivity index (χ0n) is 9.03. The van der Waals surface area contributed by atoms with Gasteiger partial charge < -0.3 is 4.90 Å². The molecule has 1 amide bonds. The average Bonchev–Trinajstić information content (AvgIpc) is 2.39. The quantitative estimate of drug-likeness (QED) is 0.570. The monoisotopic (exact) mass is 235 g/mol. The lowest BCUT2D eigenvalue weighted by Gasteiger charge is -2.23. The highest BCUT2D eigenvalue weighted by molar-refractivity contribution is 6.17. The molecule has 3 heteroatoms. The molecule has 0 bridgehead atoms. The average molecular weight is 236 g/mol. The maximum Gasteiger partial charge on any atom is 0.254 e. The number of alkyl halides is 1. The van der Waals surface area contributed by atoms with Gasteiger partial charge in [0.05, 0.1) is 0 Å². The standard InChI is InChI=1S/C13H14ClNO/c14-10-11-4-6-12(7-5-11)13(16)15-8-2-1-3-9-15/h1-2,4-7H,3,8-10H2. The summed E-state index contributed by atoms with van der Waals surface area (Å²) < 4.78 is 0. The van der Waals surface area contributed by atoms with Crippen molar-refractivity contribution in [1.29, 1.82) is 0 Å². The Labute approximate surface area is 101 Å². The summed E-state index contributed by atoms with van der Waals surface area (Å²) in [6.07, 6.45) is 5.10. The maximum atomic E-state index is 12.1. The van der Waals surface area contributed by atoms with Gasteiger partial charge in [-0.3, -0.25) is 4.79 Å². The Bertz CT molecular complexity index is 397. The van der Waals surface area contributed by atoms with E-state index in [0.29, 0.717) is 5.88 Å². The third kappa shape index (κ3) is 2.45. The molecule has 0 N–H and O–H groups in total. The highest BCUT2D eigenvalue weighted by Crippen LogP contribution is 2.11. The molecule has 0 saturated heterocycles. The van der Waals surface area contributed by atoms with Gasteiger partial charge in [0.15, 0.2) is 0 Å². The minimum absolute atomic E-state index is 0.102. The molecule has 1 aliphatic heterocycles. The Morgan fingerprint density at radius 2 is 2.00 bits per heavy atom. The van der Waals surface area contributed by atoms with Crippen molar-refractivity contribution in [3.63, 3.8) is 0 Å². The predicted molar refractivity (Wildman–Crippen MR) is 65.7 cm³/mol. The molecule has 0 spiro atoms. The van der Waals surface area contributed by atoms with E-state index in [0.717, 1.165) is 30.6 Å². The first-order chi connectivity index (χ1) is 7.81. The summed E-state index contributed by atoms with van der Waals surface area (Å²) in [4.78, 5) is 13.9. The Morgan fingerprint density at radius 1 is 1.25 bits per heavy atom. The molecule has 2 nitrogen and oxygen atoms in total. The number of carbonyl (C=O) groups excluding carboxylic acids is 1. The van der Waals surface area contributed by atoms with Gasteiger partial charge in [0.2, 0.25) is 0 Å². The van der Waals surface area contributed by atoms with Gasteiger partial charge in [-0.25, -0.2) is 0 Å². The molecule has 1 aliphatic rings. The third-order valence-corrected chi connectivity index (χ3v) is 3.01. The first-order valence-electron chi connectivity index (χ1n) is 5.40. The van der Waals surface area contributed by atoms with E-state index in [1.807, 2.05) is 35.2 Å². The zero-order valence-corrected chi connectivity index (χ0v) is 9.78. The van der Waals surface area contributed by atoms with Crippen LogP contribution in [0.5, 0.6) is 0 Å². The summed E-state index contributed by atoms with van der Waals surface area (Å²) in [7, 11) is 0. The normalized spacial score (nSPS) is 15.2. The molecular formula is C13H14ClNO. The van der Waals surface area contributed by atoms with Crippen LogP contribution in [0.2, 0.25) is 0 Å². The minimum atomic E-state index is 0.102. The molecule has 0 aromatic heterocycles. The summed E-state index contributed by atoms with van der Waals surface area (Å²) in [5.41, 5.74) is 1.78. The smallest absolute Gasteiger partial charge is 0.254 e. The molecule has 0 radical (unpaired) electrons. The number of rotatable bonds is 2. The van der Waals surface area contributed by atoms with Gasteiger partial charge in [-0.2, -0.15) is 0 Å². The van der Waals surface area contributed by atoms with Crippen LogP contribution in [0, 0.1) is 0 Å². The fourth-order valence-electron chi connectivity index (χ4n) is 1.74. The molecular weight excluding hydrogens is 222 g/mol. The van der Waals surface area contributed by atoms with Crippen LogP contribution >= 0.6 is 11.6 Å². The number of halogens is 1. The fourth-order valence-corrected chi connectivity index (χ4v) is 1.92. The first-order valence-corrected chi connectivity index (χ1v) is 5.94. The van der Waals surface area contributed by atoms with Crippen LogP contribution in [0.4, 0.5) is 0 Å². The minimum Gasteiger partial charge on any atom is -0.335 e. The molecule has 84 valence electrons. The van der Waals surface area contributed by atoms with Gasteiger partial charge in [-0.05, 0) is 24.1 Å². The van der Waals surface area contributed by atoms with Gasteiger partial charge in [0, 0.05) is 24.5 Å². The number of hydrogen-bond acceptors (Lipinski definition) is 1. The van der Waals surface area contributed by atoms with Crippen LogP contribution in [-0.2, 0) is 5.88 Å². The van der Waals surface area contributed by atoms with Crippen molar-refractivity contribution in [3.8, 4) is 0 Å². The number of carbonyl (C=O) groups is 1. The topological polar surface area (TPSA) is 20.3 Å². The van der Waals surface area contributed by atoms with Crippen LogP contribution in [-0.4, -0.2) is 23.9 Å². The van der Waals surface area contributed by atoms with Crippen molar-refractivity contribution < 1.29 is 4.79 Å². The summed E-state index contributed by atoms with van der Waals surface area (Å²) in [6, 6.07) is 7.50. The Hall–Kier alpha value is -1.28. The van der Waals surface area contributed by atoms with Gasteiger partial charge in [0.25, 0.3) is 5.91 Å². The van der Waals surface area contributed by atoms with Crippen LogP contribution in [0.3, 0.4) is 0 Å². The van der Waals surface area contributed by atoms with E-state index in [9.17, 15) is 4.79 Å². The van der Waals surface area contributed by atoms with Gasteiger partial charge in [-0.1, -0.05) is 24.3 Å². The number of hydrogen-bond donors (Lipinski definition) is 0. The van der Waals surface area contributed by atoms with E-state index in [4.69, 9.17) is 11.6 Å². The van der Waals surface area contributed by atoms with E-state index in [1.54, 1.807) is 0 Å². The van der Waals surface area contributed by atoms with Gasteiger partial charge in [0.1, 0.15) is 0 Å². The highest BCUT2D eigenvalue weighted by atomic mass is 35.5. The van der Waals surface area contributed by atoms with E-state index in [2.05, 4.69) is 6.08 Å². The fraction of sp³-hybridized carbons (Fsp3) is 0.308. The number of benzene rings is 1. The van der Waals surface area contributed by atoms with Crippen LogP contribution < -0.4 is 0 Å². The van der Waals surface area contributed by atoms with Gasteiger partial charge in [-0.15, -0.1) is 11.6 Å². The number of nitrogens with zero attached hydrogens (tertiary/aromatic N) is 1. The summed E-state index contributed by atoms with van der Waals surface area (Å²) >= 11 is 5.70. The van der Waals surface area contributed by atoms with Crippen molar-refractivity contribution in [1.82, 2.24) is 4.90 Å². The summed E-state index contributed by atoms with van der Waals surface area (Å²) in [6.45, 7) is 1.53. The van der Waals surface area contributed by atoms with Crippen molar-refractivity contribution >= 4 is 17.5 Å². The van der Waals surface area contributed by atoms with Gasteiger partial charge >= 0.3 is 0 Å². The predicted octanol–water partition coefficient (Wildman–Crippen LogP) is 2.83. The lowest BCUT2D eigenvalue weighted by molar-refractivity contribution is 0.0771. The molecule has 2 rings (SSSR count). The molecule has 1 aromatic rings. The number of amides is 1. The summed E-state index contributed by atoms with van der Waals surface area (Å²) in [5, 5.41) is 0. The zero-order chi connectivity index (χ0) is 11.4. The van der Waals surface area contributed by atoms with Crippen LogP contribution in [0.25, 0.3) is 0 Å². The Kier molecular flexibility index (Phi) is 3.62. The Balaban J connectivity index is 2.10. The Morgan fingerprint density at radius 3 is 2.56 bits per heavy atom. The SMILES string of the molecule is O=C(c1ccc(CCl)cc1)N1CC=CCC1.